The minimum atomic E-state index is -0.337. The van der Waals surface area contributed by atoms with Crippen molar-refractivity contribution in [3.8, 4) is 0 Å². The molecule has 1 unspecified atom stereocenters. The number of para-hydroxylation sites is 2. The maximum atomic E-state index is 13.4. The van der Waals surface area contributed by atoms with Crippen molar-refractivity contribution in [2.75, 3.05) is 43.1 Å². The van der Waals surface area contributed by atoms with Crippen molar-refractivity contribution in [2.45, 2.75) is 18.9 Å². The number of hydrogen-bond acceptors (Lipinski definition) is 5. The van der Waals surface area contributed by atoms with Crippen LogP contribution in [0, 0.1) is 0 Å². The Morgan fingerprint density at radius 2 is 1.85 bits per heavy atom. The molecule has 3 aromatic rings. The van der Waals surface area contributed by atoms with Gasteiger partial charge in [0.05, 0.1) is 30.2 Å². The molecule has 5 rings (SSSR count). The topological polar surface area (TPSA) is 81.8 Å². The minimum Gasteiger partial charge on any atom is -0.465 e. The first-order valence-electron chi connectivity index (χ1n) is 11.2. The second-order valence-corrected chi connectivity index (χ2v) is 8.50. The molecular formula is C25H27N5O3. The van der Waals surface area contributed by atoms with Crippen LogP contribution in [0.25, 0.3) is 0 Å². The Balaban J connectivity index is 1.31. The number of benzene rings is 2. The Morgan fingerprint density at radius 1 is 1.06 bits per heavy atom. The van der Waals surface area contributed by atoms with E-state index in [9.17, 15) is 9.59 Å². The molecule has 8 nitrogen and oxygen atoms in total. The van der Waals surface area contributed by atoms with E-state index in [1.165, 1.54) is 7.11 Å². The fourth-order valence-corrected chi connectivity index (χ4v) is 4.73. The third-order valence-electron chi connectivity index (χ3n) is 6.54. The summed E-state index contributed by atoms with van der Waals surface area (Å²) in [5.41, 5.74) is 4.77. The normalized spacial score (nSPS) is 17.7. The molecule has 170 valence electrons. The second-order valence-electron chi connectivity index (χ2n) is 8.50. The Labute approximate surface area is 192 Å². The molecule has 1 fully saturated rings. The highest BCUT2D eigenvalue weighted by molar-refractivity contribution is 5.97. The molecule has 2 aliphatic rings. The summed E-state index contributed by atoms with van der Waals surface area (Å²) < 4.78 is 4.78. The van der Waals surface area contributed by atoms with Gasteiger partial charge in [-0.2, -0.15) is 5.10 Å². The van der Waals surface area contributed by atoms with Crippen LogP contribution in [0.2, 0.25) is 0 Å². The number of likely N-dealkylation sites (tertiary alicyclic amines) is 1. The standard InChI is InChI=1S/C25H27N5O3/c1-33-24(31)19-8-6-18(7-9-19)16-28-12-13-30(23-5-3-2-4-22(23)28)25(32)29-11-10-20(17-29)21-14-26-27-15-21/h2-9,14-15,20H,10-13,16-17H2,1H3,(H,26,27). The Hall–Kier alpha value is -3.81. The van der Waals surface area contributed by atoms with Gasteiger partial charge in [0.1, 0.15) is 0 Å². The van der Waals surface area contributed by atoms with Gasteiger partial charge in [0.15, 0.2) is 0 Å². The van der Waals surface area contributed by atoms with Crippen molar-refractivity contribution in [2.24, 2.45) is 0 Å². The van der Waals surface area contributed by atoms with Gasteiger partial charge in [-0.3, -0.25) is 10.00 Å². The van der Waals surface area contributed by atoms with E-state index in [2.05, 4.69) is 21.2 Å². The molecule has 2 aromatic carbocycles. The number of amides is 2. The van der Waals surface area contributed by atoms with Crippen LogP contribution < -0.4 is 9.80 Å². The zero-order chi connectivity index (χ0) is 22.8. The molecule has 0 saturated carbocycles. The number of aromatic amines is 1. The summed E-state index contributed by atoms with van der Waals surface area (Å²) in [6.07, 6.45) is 4.73. The number of nitrogens with one attached hydrogen (secondary N) is 1. The molecule has 0 radical (unpaired) electrons. The van der Waals surface area contributed by atoms with E-state index in [0.717, 1.165) is 42.0 Å². The highest BCUT2D eigenvalue weighted by Crippen LogP contribution is 2.36. The van der Waals surface area contributed by atoms with E-state index in [1.807, 2.05) is 52.5 Å². The number of ether oxygens (including phenoxy) is 1. The maximum Gasteiger partial charge on any atom is 0.337 e. The maximum absolute atomic E-state index is 13.4. The molecular weight excluding hydrogens is 418 g/mol. The van der Waals surface area contributed by atoms with Crippen LogP contribution in [0.5, 0.6) is 0 Å². The number of nitrogens with zero attached hydrogens (tertiary/aromatic N) is 4. The SMILES string of the molecule is COC(=O)c1ccc(CN2CCN(C(=O)N3CCC(c4cn[nH]c4)C3)c3ccccc32)cc1. The van der Waals surface area contributed by atoms with Gasteiger partial charge in [0, 0.05) is 44.8 Å². The highest BCUT2D eigenvalue weighted by atomic mass is 16.5. The molecule has 1 aromatic heterocycles. The fraction of sp³-hybridized carbons (Fsp3) is 0.320. The smallest absolute Gasteiger partial charge is 0.337 e. The van der Waals surface area contributed by atoms with Crippen LogP contribution in [-0.2, 0) is 11.3 Å². The van der Waals surface area contributed by atoms with E-state index in [-0.39, 0.29) is 12.0 Å². The van der Waals surface area contributed by atoms with Crippen molar-refractivity contribution in [3.63, 3.8) is 0 Å². The monoisotopic (exact) mass is 445 g/mol. The lowest BCUT2D eigenvalue weighted by molar-refractivity contribution is 0.0600. The quantitative estimate of drug-likeness (QED) is 0.620. The minimum absolute atomic E-state index is 0.0653. The van der Waals surface area contributed by atoms with Crippen molar-refractivity contribution >= 4 is 23.4 Å². The second kappa shape index (κ2) is 8.97. The largest absolute Gasteiger partial charge is 0.465 e. The zero-order valence-corrected chi connectivity index (χ0v) is 18.6. The third kappa shape index (κ3) is 4.16. The number of fused-ring (bicyclic) bond motifs is 1. The van der Waals surface area contributed by atoms with Crippen molar-refractivity contribution in [1.29, 1.82) is 0 Å². The number of hydrogen-bond donors (Lipinski definition) is 1. The van der Waals surface area contributed by atoms with Crippen molar-refractivity contribution in [1.82, 2.24) is 15.1 Å². The van der Waals surface area contributed by atoms with Crippen LogP contribution in [-0.4, -0.2) is 60.4 Å². The Kier molecular flexibility index (Phi) is 5.73. The lowest BCUT2D eigenvalue weighted by atomic mass is 10.0. The Bertz CT molecular complexity index is 1130. The number of methoxy groups -OCH3 is 1. The summed E-state index contributed by atoms with van der Waals surface area (Å²) in [6.45, 7) is 3.53. The molecule has 2 amide bonds. The Morgan fingerprint density at radius 3 is 2.58 bits per heavy atom. The van der Waals surface area contributed by atoms with Gasteiger partial charge in [0.2, 0.25) is 0 Å². The van der Waals surface area contributed by atoms with Gasteiger partial charge in [-0.25, -0.2) is 9.59 Å². The lowest BCUT2D eigenvalue weighted by Crippen LogP contribution is -2.49. The molecule has 0 bridgehead atoms. The van der Waals surface area contributed by atoms with E-state index in [0.29, 0.717) is 31.1 Å². The van der Waals surface area contributed by atoms with E-state index in [4.69, 9.17) is 4.74 Å². The van der Waals surface area contributed by atoms with Crippen LogP contribution >= 0.6 is 0 Å². The summed E-state index contributed by atoms with van der Waals surface area (Å²) in [4.78, 5) is 31.3. The average molecular weight is 446 g/mol. The summed E-state index contributed by atoms with van der Waals surface area (Å²) in [7, 11) is 1.38. The van der Waals surface area contributed by atoms with Gasteiger partial charge in [-0.1, -0.05) is 24.3 Å². The van der Waals surface area contributed by atoms with E-state index >= 15 is 0 Å². The number of aromatic nitrogens is 2. The van der Waals surface area contributed by atoms with Crippen molar-refractivity contribution < 1.29 is 14.3 Å². The van der Waals surface area contributed by atoms with Crippen LogP contribution in [0.1, 0.15) is 33.8 Å². The van der Waals surface area contributed by atoms with Crippen LogP contribution in [0.4, 0.5) is 16.2 Å². The predicted octanol–water partition coefficient (Wildman–Crippen LogP) is 3.63. The van der Waals surface area contributed by atoms with E-state index in [1.54, 1.807) is 12.1 Å². The van der Waals surface area contributed by atoms with Crippen LogP contribution in [0.3, 0.4) is 0 Å². The highest BCUT2D eigenvalue weighted by Gasteiger charge is 2.34. The summed E-state index contributed by atoms with van der Waals surface area (Å²) >= 11 is 0. The first-order chi connectivity index (χ1) is 16.1. The van der Waals surface area contributed by atoms with Crippen LogP contribution in [0.15, 0.2) is 60.9 Å². The first-order valence-corrected chi connectivity index (χ1v) is 11.2. The molecule has 1 saturated heterocycles. The number of esters is 1. The predicted molar refractivity (Wildman–Crippen MR) is 126 cm³/mol. The van der Waals surface area contributed by atoms with Crippen molar-refractivity contribution in [3.05, 3.63) is 77.6 Å². The number of urea groups is 1. The fourth-order valence-electron chi connectivity index (χ4n) is 4.73. The van der Waals surface area contributed by atoms with E-state index < -0.39 is 0 Å². The molecule has 33 heavy (non-hydrogen) atoms. The van der Waals surface area contributed by atoms with Gasteiger partial charge >= 0.3 is 12.0 Å². The average Bonchev–Trinajstić information content (AvgIpc) is 3.56. The van der Waals surface area contributed by atoms with Gasteiger partial charge in [-0.15, -0.1) is 0 Å². The summed E-state index contributed by atoms with van der Waals surface area (Å²) in [5.74, 6) is -0.00635. The number of anilines is 2. The molecule has 1 N–H and O–H groups in total. The number of rotatable bonds is 4. The number of H-pyrrole nitrogens is 1. The molecule has 0 spiro atoms. The number of carbonyl (C=O) groups is 2. The molecule has 3 heterocycles. The summed E-state index contributed by atoms with van der Waals surface area (Å²) in [5, 5.41) is 6.92. The van der Waals surface area contributed by atoms with Gasteiger partial charge < -0.3 is 14.5 Å². The molecule has 8 heteroatoms. The van der Waals surface area contributed by atoms with Gasteiger partial charge in [0.25, 0.3) is 0 Å². The zero-order valence-electron chi connectivity index (χ0n) is 18.6. The molecule has 1 atom stereocenters. The third-order valence-corrected chi connectivity index (χ3v) is 6.54. The lowest BCUT2D eigenvalue weighted by Gasteiger charge is -2.39. The molecule has 0 aliphatic carbocycles. The molecule has 2 aliphatic heterocycles. The summed E-state index contributed by atoms with van der Waals surface area (Å²) in [6, 6.07) is 15.6. The number of carbonyl (C=O) groups excluding carboxylic acids is 2. The first kappa shape index (κ1) is 21.1. The van der Waals surface area contributed by atoms with Gasteiger partial charge in [-0.05, 0) is 41.8 Å².